The predicted octanol–water partition coefficient (Wildman–Crippen LogP) is 4.19. The number of carbonyl (C=O) groups is 2. The van der Waals surface area contributed by atoms with Crippen molar-refractivity contribution in [1.29, 1.82) is 0 Å². The first-order valence-electron chi connectivity index (χ1n) is 8.04. The lowest BCUT2D eigenvalue weighted by atomic mass is 9.55. The summed E-state index contributed by atoms with van der Waals surface area (Å²) in [4.78, 5) is 22.8. The maximum absolute atomic E-state index is 12.2. The maximum atomic E-state index is 12.2. The molecule has 0 aromatic rings. The van der Waals surface area contributed by atoms with Crippen molar-refractivity contribution < 1.29 is 19.4 Å². The van der Waals surface area contributed by atoms with Gasteiger partial charge in [0.1, 0.15) is 5.60 Å². The molecule has 1 aliphatic carbocycles. The van der Waals surface area contributed by atoms with Gasteiger partial charge in [-0.05, 0) is 24.7 Å². The fourth-order valence-electron chi connectivity index (χ4n) is 3.80. The van der Waals surface area contributed by atoms with E-state index < -0.39 is 17.5 Å². The number of esters is 1. The lowest BCUT2D eigenvalue weighted by molar-refractivity contribution is -0.200. The highest BCUT2D eigenvalue weighted by molar-refractivity contribution is 5.91. The van der Waals surface area contributed by atoms with Gasteiger partial charge in [-0.15, -0.1) is 0 Å². The van der Waals surface area contributed by atoms with Gasteiger partial charge in [0.05, 0.1) is 0 Å². The van der Waals surface area contributed by atoms with Crippen molar-refractivity contribution in [2.24, 2.45) is 16.7 Å². The number of aliphatic carboxylic acids is 1. The first-order chi connectivity index (χ1) is 9.90. The minimum absolute atomic E-state index is 0.0183. The van der Waals surface area contributed by atoms with E-state index in [2.05, 4.69) is 41.5 Å². The van der Waals surface area contributed by atoms with Crippen molar-refractivity contribution in [3.8, 4) is 0 Å². The lowest BCUT2D eigenvalue weighted by Gasteiger charge is -2.55. The molecule has 0 bridgehead atoms. The molecule has 0 amide bonds. The Morgan fingerprint density at radius 1 is 1.09 bits per heavy atom. The van der Waals surface area contributed by atoms with E-state index >= 15 is 0 Å². The van der Waals surface area contributed by atoms with Crippen LogP contribution < -0.4 is 0 Å². The van der Waals surface area contributed by atoms with Crippen molar-refractivity contribution in [1.82, 2.24) is 0 Å². The molecule has 0 radical (unpaired) electrons. The van der Waals surface area contributed by atoms with Gasteiger partial charge in [0.15, 0.2) is 0 Å². The maximum Gasteiger partial charge on any atom is 0.331 e. The van der Waals surface area contributed by atoms with Crippen LogP contribution in [0.1, 0.15) is 67.2 Å². The summed E-state index contributed by atoms with van der Waals surface area (Å²) in [6.45, 7) is 12.9. The Balaban J connectivity index is 3.19. The smallest absolute Gasteiger partial charge is 0.331 e. The Kier molecular flexibility index (Phi) is 5.47. The summed E-state index contributed by atoms with van der Waals surface area (Å²) in [6, 6.07) is 0. The Hall–Kier alpha value is -1.32. The molecule has 4 nitrogen and oxygen atoms in total. The number of ether oxygens (including phenoxy) is 1. The van der Waals surface area contributed by atoms with E-state index in [1.165, 1.54) is 0 Å². The highest BCUT2D eigenvalue weighted by Gasteiger charge is 2.55. The molecule has 0 spiro atoms. The third-order valence-corrected chi connectivity index (χ3v) is 4.81. The number of carboxylic acids is 1. The molecular weight excluding hydrogens is 280 g/mol. The van der Waals surface area contributed by atoms with Crippen molar-refractivity contribution >= 4 is 11.9 Å². The summed E-state index contributed by atoms with van der Waals surface area (Å²) in [5, 5.41) is 8.68. The Labute approximate surface area is 133 Å². The Bertz CT molecular complexity index is 451. The van der Waals surface area contributed by atoms with Crippen LogP contribution in [0.3, 0.4) is 0 Å². The Morgan fingerprint density at radius 3 is 2.14 bits per heavy atom. The highest BCUT2D eigenvalue weighted by atomic mass is 16.6. The van der Waals surface area contributed by atoms with E-state index in [1.807, 2.05) is 0 Å². The average molecular weight is 310 g/mol. The Morgan fingerprint density at radius 2 is 1.68 bits per heavy atom. The third-order valence-electron chi connectivity index (χ3n) is 4.81. The molecule has 1 aliphatic rings. The molecule has 1 rings (SSSR count). The van der Waals surface area contributed by atoms with E-state index in [0.717, 1.165) is 37.8 Å². The van der Waals surface area contributed by atoms with Gasteiger partial charge in [0.2, 0.25) is 0 Å². The lowest BCUT2D eigenvalue weighted by Crippen LogP contribution is -2.57. The first kappa shape index (κ1) is 18.7. The summed E-state index contributed by atoms with van der Waals surface area (Å²) < 4.78 is 5.94. The summed E-state index contributed by atoms with van der Waals surface area (Å²) in [7, 11) is 0. The molecule has 1 saturated carbocycles. The molecule has 0 aromatic carbocycles. The molecule has 22 heavy (non-hydrogen) atoms. The van der Waals surface area contributed by atoms with Crippen molar-refractivity contribution in [2.45, 2.75) is 72.8 Å². The number of hydrogen-bond acceptors (Lipinski definition) is 3. The normalized spacial score (nSPS) is 26.9. The van der Waals surface area contributed by atoms with E-state index in [1.54, 1.807) is 0 Å². The van der Waals surface area contributed by atoms with Crippen molar-refractivity contribution in [3.63, 3.8) is 0 Å². The predicted molar refractivity (Wildman–Crippen MR) is 86.5 cm³/mol. The molecule has 2 unspecified atom stereocenters. The van der Waals surface area contributed by atoms with E-state index in [4.69, 9.17) is 9.84 Å². The average Bonchev–Trinajstić information content (AvgIpc) is 2.34. The topological polar surface area (TPSA) is 63.6 Å². The zero-order valence-corrected chi connectivity index (χ0v) is 14.7. The van der Waals surface area contributed by atoms with Gasteiger partial charge in [0.25, 0.3) is 0 Å². The number of carboxylic acid groups (broad SMARTS) is 1. The fraction of sp³-hybridized carbons (Fsp3) is 0.778. The van der Waals surface area contributed by atoms with Gasteiger partial charge in [-0.25, -0.2) is 9.59 Å². The van der Waals surface area contributed by atoms with Crippen molar-refractivity contribution in [3.05, 3.63) is 12.2 Å². The number of hydrogen-bond donors (Lipinski definition) is 1. The summed E-state index contributed by atoms with van der Waals surface area (Å²) in [5.41, 5.74) is -0.758. The molecule has 0 aromatic heterocycles. The molecular formula is C18H30O4. The van der Waals surface area contributed by atoms with Crippen LogP contribution in [0, 0.1) is 16.7 Å². The van der Waals surface area contributed by atoms with Crippen molar-refractivity contribution in [2.75, 3.05) is 0 Å². The van der Waals surface area contributed by atoms with Crippen LogP contribution in [0.2, 0.25) is 0 Å². The monoisotopic (exact) mass is 310 g/mol. The second-order valence-electron chi connectivity index (χ2n) is 8.40. The van der Waals surface area contributed by atoms with Gasteiger partial charge in [-0.3, -0.25) is 0 Å². The second-order valence-corrected chi connectivity index (χ2v) is 8.40. The molecule has 0 saturated heterocycles. The van der Waals surface area contributed by atoms with E-state index in [9.17, 15) is 9.59 Å². The number of rotatable bonds is 3. The molecule has 2 atom stereocenters. The summed E-state index contributed by atoms with van der Waals surface area (Å²) in [5.74, 6) is -1.46. The SMILES string of the molecule is CC(C)(C)C1CCCCC1(OC(=O)/C=C\C(=O)O)C(C)(C)C. The molecule has 1 fully saturated rings. The van der Waals surface area contributed by atoms with Gasteiger partial charge in [-0.1, -0.05) is 48.0 Å². The fourth-order valence-corrected chi connectivity index (χ4v) is 3.80. The van der Waals surface area contributed by atoms with Crippen LogP contribution in [0.5, 0.6) is 0 Å². The number of carbonyl (C=O) groups excluding carboxylic acids is 1. The van der Waals surface area contributed by atoms with Crippen LogP contribution >= 0.6 is 0 Å². The quantitative estimate of drug-likeness (QED) is 0.627. The molecule has 4 heteroatoms. The van der Waals surface area contributed by atoms with E-state index in [-0.39, 0.29) is 16.7 Å². The first-order valence-corrected chi connectivity index (χ1v) is 8.04. The minimum atomic E-state index is -1.14. The third kappa shape index (κ3) is 4.11. The van der Waals surface area contributed by atoms with Gasteiger partial charge >= 0.3 is 11.9 Å². The highest BCUT2D eigenvalue weighted by Crippen LogP contribution is 2.54. The molecule has 0 heterocycles. The van der Waals surface area contributed by atoms with Gasteiger partial charge in [0, 0.05) is 23.5 Å². The van der Waals surface area contributed by atoms with Gasteiger partial charge < -0.3 is 9.84 Å². The standard InChI is InChI=1S/C18H30O4/c1-16(2,3)13-9-7-8-12-18(13,17(4,5)6)22-15(21)11-10-14(19)20/h10-11,13H,7-9,12H2,1-6H3,(H,19,20)/b11-10-. The van der Waals surface area contributed by atoms with Gasteiger partial charge in [-0.2, -0.15) is 0 Å². The summed E-state index contributed by atoms with van der Waals surface area (Å²) >= 11 is 0. The van der Waals surface area contributed by atoms with Crippen LogP contribution in [-0.2, 0) is 14.3 Å². The molecule has 0 aliphatic heterocycles. The zero-order chi connectivity index (χ0) is 17.2. The van der Waals surface area contributed by atoms with Crippen LogP contribution in [0.15, 0.2) is 12.2 Å². The summed E-state index contributed by atoms with van der Waals surface area (Å²) in [6.07, 6.45) is 5.88. The zero-order valence-electron chi connectivity index (χ0n) is 14.7. The second kappa shape index (κ2) is 6.43. The van der Waals surface area contributed by atoms with Crippen LogP contribution in [-0.4, -0.2) is 22.6 Å². The minimum Gasteiger partial charge on any atom is -0.478 e. The molecule has 1 N–H and O–H groups in total. The largest absolute Gasteiger partial charge is 0.478 e. The van der Waals surface area contributed by atoms with E-state index in [0.29, 0.717) is 0 Å². The van der Waals surface area contributed by atoms with Crippen LogP contribution in [0.25, 0.3) is 0 Å². The molecule has 126 valence electrons. The van der Waals surface area contributed by atoms with Crippen LogP contribution in [0.4, 0.5) is 0 Å².